The van der Waals surface area contributed by atoms with Crippen LogP contribution in [0.5, 0.6) is 17.2 Å². The minimum atomic E-state index is -2.89. The van der Waals surface area contributed by atoms with E-state index in [4.69, 9.17) is 28.8 Å². The molecule has 3 amide bonds. The Labute approximate surface area is 561 Å². The van der Waals surface area contributed by atoms with Crippen LogP contribution in [-0.2, 0) is 49.6 Å². The van der Waals surface area contributed by atoms with Gasteiger partial charge in [0.15, 0.2) is 34.2 Å². The lowest BCUT2D eigenvalue weighted by Crippen LogP contribution is -2.70. The highest BCUT2D eigenvalue weighted by Crippen LogP contribution is 2.60. The Morgan fingerprint density at radius 2 is 0.949 bits per heavy atom. The van der Waals surface area contributed by atoms with Crippen molar-refractivity contribution in [3.05, 3.63) is 132 Å². The number of ketones is 6. The molecule has 98 heavy (non-hydrogen) atoms. The number of anilines is 1. The zero-order valence-electron chi connectivity index (χ0n) is 53.9. The van der Waals surface area contributed by atoms with Gasteiger partial charge in [-0.25, -0.2) is 0 Å². The van der Waals surface area contributed by atoms with Crippen LogP contribution in [-0.4, -0.2) is 242 Å². The van der Waals surface area contributed by atoms with Crippen LogP contribution in [0.25, 0.3) is 17.3 Å². The van der Waals surface area contributed by atoms with Crippen LogP contribution in [0.3, 0.4) is 0 Å². The van der Waals surface area contributed by atoms with Crippen molar-refractivity contribution >= 4 is 87.0 Å². The van der Waals surface area contributed by atoms with Crippen molar-refractivity contribution in [1.82, 2.24) is 14.7 Å². The first-order valence-corrected chi connectivity index (χ1v) is 30.6. The van der Waals surface area contributed by atoms with E-state index < -0.39 is 209 Å². The average molecular weight is 1380 g/mol. The summed E-state index contributed by atoms with van der Waals surface area (Å²) in [5.74, 6) is -23.6. The van der Waals surface area contributed by atoms with Crippen molar-refractivity contribution in [2.24, 2.45) is 52.7 Å². The number of aromatic hydroxyl groups is 3. The minimum absolute atomic E-state index is 0. The highest BCUT2D eigenvalue weighted by molar-refractivity contribution is 6.32. The summed E-state index contributed by atoms with van der Waals surface area (Å²) in [4.78, 5) is 122. The summed E-state index contributed by atoms with van der Waals surface area (Å²) in [7, 11) is 12.6. The summed E-state index contributed by atoms with van der Waals surface area (Å²) in [5.41, 5.74) is 5.46. The van der Waals surface area contributed by atoms with Crippen LogP contribution in [0, 0.1) is 35.5 Å². The molecular weight excluding hydrogens is 1310 g/mol. The fourth-order valence-electron chi connectivity index (χ4n) is 16.5. The number of likely N-dealkylation sites (N-methyl/N-ethyl adjacent to an activating group) is 3. The normalized spacial score (nSPS) is 31.5. The van der Waals surface area contributed by atoms with E-state index in [0.717, 1.165) is 5.69 Å². The molecule has 3 aromatic carbocycles. The third-order valence-corrected chi connectivity index (χ3v) is 21.0. The van der Waals surface area contributed by atoms with Gasteiger partial charge in [0.2, 0.25) is 17.3 Å². The van der Waals surface area contributed by atoms with Gasteiger partial charge in [0.05, 0.1) is 52.9 Å². The van der Waals surface area contributed by atoms with Crippen molar-refractivity contribution in [1.29, 1.82) is 0 Å². The quantitative estimate of drug-likeness (QED) is 0.124. The number of Topliss-reactive ketones (excluding diaryl/α,β-unsaturated/α-hetero) is 6. The van der Waals surface area contributed by atoms with E-state index in [-0.39, 0.29) is 69.1 Å². The summed E-state index contributed by atoms with van der Waals surface area (Å²) in [6, 6.07) is 6.39. The molecule has 0 heterocycles. The zero-order chi connectivity index (χ0) is 72.3. The molecule has 524 valence electrons. The molecule has 15 atom stereocenters. The summed E-state index contributed by atoms with van der Waals surface area (Å²) < 4.78 is 0. The number of phenolic OH excluding ortho intramolecular Hbond substituents is 3. The van der Waals surface area contributed by atoms with E-state index >= 15 is 0 Å². The Morgan fingerprint density at radius 3 is 1.44 bits per heavy atom. The molecule has 31 nitrogen and oxygen atoms in total. The highest BCUT2D eigenvalue weighted by Gasteiger charge is 2.70. The van der Waals surface area contributed by atoms with Crippen molar-refractivity contribution in [3.63, 3.8) is 0 Å². The third kappa shape index (κ3) is 9.91. The standard InChI is InChI=1S/C23H27N3O7.C22H24N2O8.C21H21ClN2O8.H2O/c1-25(2)12-5-6-13(27)15-10(12)7-9-8-11-17(26(3)4)19(29)16(22(24)32)21(31)23(11,33)20(30)14(9)18(15)28;1-7-8-5-4-6-9(25)11(8)16(26)12-10(7)17(27)14-15(24(2)3)18(28)13(21(23)31)20(30)22(14,32)19(12)29;1-24(2)14-7-5-6-10(16(27)12-9(25)4-3-8(22)11(12)15(6)26)18(29)21(7,32)19(30)13(17(14)28)20(23)31;/h5-6,9,11,17,27-28,31,33H,7-8H2,1-4H3,(H2,24,32);4-7,10,14-15,17,25-27,30,32H,1-3H3,(H2,23,31);3-4,6-7,14-15,25-27,30,32H,5H2,1-2H3,(H2,23,31);1H2/t9-,11-,17-,23-;7-,10+,14+,15-,17-,22-;6-,7-,14-,15-,21-;/m000./s1. The number of carbonyl (C=O) groups is 9. The van der Waals surface area contributed by atoms with E-state index in [9.17, 15) is 115 Å². The van der Waals surface area contributed by atoms with Gasteiger partial charge < -0.3 is 99.1 Å². The van der Waals surface area contributed by atoms with Gasteiger partial charge in [-0.3, -0.25) is 57.9 Å². The lowest BCUT2D eigenvalue weighted by molar-refractivity contribution is -0.169. The van der Waals surface area contributed by atoms with Crippen LogP contribution in [0.2, 0.25) is 5.02 Å². The number of nitrogens with zero attached hydrogens (tertiary/aromatic N) is 4. The van der Waals surface area contributed by atoms with Gasteiger partial charge in [0.25, 0.3) is 17.7 Å². The molecule has 0 radical (unpaired) electrons. The average Bonchev–Trinajstić information content (AvgIpc) is 0.700. The second kappa shape index (κ2) is 24.8. The van der Waals surface area contributed by atoms with Gasteiger partial charge in [-0.1, -0.05) is 30.7 Å². The molecule has 0 aliphatic heterocycles. The molecule has 0 unspecified atom stereocenters. The second-order valence-electron chi connectivity index (χ2n) is 26.6. The Hall–Kier alpha value is -9.54. The number of hydrogen-bond donors (Lipinski definition) is 17. The van der Waals surface area contributed by atoms with Gasteiger partial charge in [0, 0.05) is 70.8 Å². The van der Waals surface area contributed by atoms with E-state index in [1.807, 2.05) is 19.0 Å². The molecule has 0 spiro atoms. The molecule has 3 saturated carbocycles. The number of primary amides is 3. The van der Waals surface area contributed by atoms with Crippen LogP contribution >= 0.6 is 11.6 Å². The van der Waals surface area contributed by atoms with Crippen LogP contribution in [0.15, 0.2) is 93.2 Å². The number of fused-ring (bicyclic) bond motifs is 9. The SMILES string of the molecule is CN(C)[C@@H]1C(=O)C(C(N)=O)=C(O)[C@@]2(O)C(=O)C3=C(O)c4c(O)ccc(Cl)c4[C@@H](O)[C@H]3C[C@@H]12.CN(C)c1ccc(O)c2c1C[C@H]1C[C@H]3[C@H](N(C)C)C(=O)C(C(N)=O)=C(O)[C@@]3(O)C(=O)C1=C2O.C[C@H]1c2cccc(O)c2C(O)=C2C(=O)[C@]3(O)C(O)=C(C(N)=O)C(=O)[C@@H](N(C)C)[C@@H]3[C@@H](O)[C@@H]21.O. The number of halogens is 1. The summed E-state index contributed by atoms with van der Waals surface area (Å²) in [5, 5.41) is 153. The monoisotopic (exact) mass is 1380 g/mol. The number of amides is 3. The van der Waals surface area contributed by atoms with Crippen molar-refractivity contribution in [3.8, 4) is 17.2 Å². The van der Waals surface area contributed by atoms with Crippen LogP contribution in [0.1, 0.15) is 65.2 Å². The smallest absolute Gasteiger partial charge is 0.255 e. The van der Waals surface area contributed by atoms with Crippen molar-refractivity contribution < 1.29 is 120 Å². The molecule has 0 saturated heterocycles. The molecule has 0 aromatic heterocycles. The number of carbonyl (C=O) groups excluding carboxylic acids is 9. The predicted molar refractivity (Wildman–Crippen MR) is 343 cm³/mol. The first-order valence-electron chi connectivity index (χ1n) is 30.2. The predicted octanol–water partition coefficient (Wildman–Crippen LogP) is -1.19. The van der Waals surface area contributed by atoms with Crippen molar-refractivity contribution in [2.45, 2.75) is 79.2 Å². The number of rotatable bonds is 7. The largest absolute Gasteiger partial charge is 0.508 e. The Balaban J connectivity index is 0.000000171. The van der Waals surface area contributed by atoms with E-state index in [0.29, 0.717) is 11.1 Å². The summed E-state index contributed by atoms with van der Waals surface area (Å²) >= 11 is 6.19. The van der Waals surface area contributed by atoms with Crippen LogP contribution in [0.4, 0.5) is 5.69 Å². The molecule has 22 N–H and O–H groups in total. The Morgan fingerprint density at radius 1 is 0.531 bits per heavy atom. The lowest BCUT2D eigenvalue weighted by atomic mass is 9.54. The second-order valence-corrected chi connectivity index (χ2v) is 27.0. The molecule has 0 bridgehead atoms. The van der Waals surface area contributed by atoms with E-state index in [2.05, 4.69) is 0 Å². The minimum Gasteiger partial charge on any atom is -0.508 e. The van der Waals surface area contributed by atoms with E-state index in [1.54, 1.807) is 39.2 Å². The molecule has 32 heteroatoms. The third-order valence-electron chi connectivity index (χ3n) is 20.7. The lowest BCUT2D eigenvalue weighted by Gasteiger charge is -2.53. The Kier molecular flexibility index (Phi) is 18.4. The maximum atomic E-state index is 13.7. The van der Waals surface area contributed by atoms with Gasteiger partial charge in [-0.2, -0.15) is 0 Å². The number of aliphatic hydroxyl groups is 11. The summed E-state index contributed by atoms with van der Waals surface area (Å²) in [6.45, 7) is 1.68. The first-order chi connectivity index (χ1) is 45.0. The molecule has 9 aliphatic carbocycles. The van der Waals surface area contributed by atoms with Gasteiger partial charge in [-0.15, -0.1) is 0 Å². The number of nitrogens with two attached hydrogens (primary N) is 3. The maximum absolute atomic E-state index is 13.7. The zero-order valence-corrected chi connectivity index (χ0v) is 54.7. The molecule has 3 aromatic rings. The molecule has 9 aliphatic rings. The van der Waals surface area contributed by atoms with Gasteiger partial charge in [0.1, 0.15) is 68.5 Å². The molecule has 12 rings (SSSR count). The van der Waals surface area contributed by atoms with Gasteiger partial charge in [-0.05, 0) is 115 Å². The number of phenols is 3. The summed E-state index contributed by atoms with van der Waals surface area (Å²) in [6.07, 6.45) is -2.97. The van der Waals surface area contributed by atoms with Crippen molar-refractivity contribution in [2.75, 3.05) is 61.3 Å². The molecule has 3 fully saturated rings. The maximum Gasteiger partial charge on any atom is 0.255 e. The first kappa shape index (κ1) is 72.7. The fraction of sp³-hybridized carbons (Fsp3) is 0.409. The Bertz CT molecular complexity index is 4320. The number of benzene rings is 3. The molecular formula is C66H74ClN7O24. The van der Waals surface area contributed by atoms with E-state index in [1.165, 1.54) is 67.2 Å². The fourth-order valence-corrected chi connectivity index (χ4v) is 16.7. The number of aliphatic hydroxyl groups excluding tert-OH is 8. The number of hydrogen-bond acceptors (Lipinski definition) is 27. The topological polar surface area (TPSA) is 559 Å². The van der Waals surface area contributed by atoms with Gasteiger partial charge >= 0.3 is 0 Å². The highest BCUT2D eigenvalue weighted by atomic mass is 35.5. The van der Waals surface area contributed by atoms with Crippen LogP contribution < -0.4 is 22.1 Å².